The van der Waals surface area contributed by atoms with Crippen LogP contribution in [-0.2, 0) is 20.9 Å². The van der Waals surface area contributed by atoms with Crippen LogP contribution in [0, 0.1) is 12.8 Å². The van der Waals surface area contributed by atoms with Crippen LogP contribution in [0.1, 0.15) is 24.2 Å². The molecule has 152 valence electrons. The summed E-state index contributed by atoms with van der Waals surface area (Å²) < 4.78 is 70.6. The molecule has 3 rings (SSSR count). The molecule has 0 bridgehead atoms. The molecule has 10 heteroatoms. The molecule has 0 amide bonds. The number of aromatic nitrogens is 1. The first-order valence-electron chi connectivity index (χ1n) is 9.03. The second-order valence-corrected chi connectivity index (χ2v) is 8.94. The van der Waals surface area contributed by atoms with Gasteiger partial charge in [0.1, 0.15) is 10.6 Å². The highest BCUT2D eigenvalue weighted by Crippen LogP contribution is 2.30. The lowest BCUT2D eigenvalue weighted by Crippen LogP contribution is -2.50. The maximum absolute atomic E-state index is 12.8. The van der Waals surface area contributed by atoms with Gasteiger partial charge in [-0.05, 0) is 37.8 Å². The molecule has 0 aliphatic carbocycles. The fourth-order valence-corrected chi connectivity index (χ4v) is 5.15. The third-order valence-electron chi connectivity index (χ3n) is 5.13. The van der Waals surface area contributed by atoms with E-state index in [1.165, 1.54) is 11.2 Å². The molecule has 0 atom stereocenters. The standard InChI is InChI=1S/C17H24F3N3O3S/c1-13-15(2-3-16(21-13)17(18,19)20)27(24,25)23-8-6-22(7-9-23)12-14-4-10-26-11-5-14/h2-3,14H,4-12H2,1H3. The number of piperazine rings is 1. The first-order chi connectivity index (χ1) is 12.7. The van der Waals surface area contributed by atoms with Gasteiger partial charge in [-0.15, -0.1) is 0 Å². The van der Waals surface area contributed by atoms with E-state index in [1.54, 1.807) is 0 Å². The van der Waals surface area contributed by atoms with Gasteiger partial charge in [0.2, 0.25) is 10.0 Å². The van der Waals surface area contributed by atoms with Gasteiger partial charge < -0.3 is 9.64 Å². The summed E-state index contributed by atoms with van der Waals surface area (Å²) in [7, 11) is -3.85. The van der Waals surface area contributed by atoms with Crippen molar-refractivity contribution in [2.45, 2.75) is 30.8 Å². The lowest BCUT2D eigenvalue weighted by atomic mass is 9.99. The van der Waals surface area contributed by atoms with Crippen LogP contribution in [0.4, 0.5) is 13.2 Å². The van der Waals surface area contributed by atoms with Gasteiger partial charge in [-0.1, -0.05) is 0 Å². The van der Waals surface area contributed by atoms with Crippen LogP contribution in [-0.4, -0.2) is 68.5 Å². The number of aryl methyl sites for hydroxylation is 1. The molecule has 2 fully saturated rings. The Labute approximate surface area is 157 Å². The molecule has 0 unspecified atom stereocenters. The molecule has 2 saturated heterocycles. The maximum atomic E-state index is 12.8. The zero-order valence-electron chi connectivity index (χ0n) is 15.2. The lowest BCUT2D eigenvalue weighted by molar-refractivity contribution is -0.141. The van der Waals surface area contributed by atoms with Crippen LogP contribution < -0.4 is 0 Å². The quantitative estimate of drug-likeness (QED) is 0.765. The molecular formula is C17H24F3N3O3S. The summed E-state index contributed by atoms with van der Waals surface area (Å²) >= 11 is 0. The largest absolute Gasteiger partial charge is 0.433 e. The molecule has 2 aliphatic rings. The minimum absolute atomic E-state index is 0.130. The molecule has 0 N–H and O–H groups in total. The highest BCUT2D eigenvalue weighted by atomic mass is 32.2. The van der Waals surface area contributed by atoms with Gasteiger partial charge in [0.25, 0.3) is 0 Å². The molecule has 1 aromatic rings. The van der Waals surface area contributed by atoms with Gasteiger partial charge >= 0.3 is 6.18 Å². The smallest absolute Gasteiger partial charge is 0.381 e. The predicted octanol–water partition coefficient (Wildman–Crippen LogP) is 2.14. The van der Waals surface area contributed by atoms with E-state index in [0.717, 1.165) is 44.7 Å². The first kappa shape index (κ1) is 20.5. The Balaban J connectivity index is 1.64. The van der Waals surface area contributed by atoms with Gasteiger partial charge in [-0.25, -0.2) is 13.4 Å². The zero-order chi connectivity index (χ0) is 19.7. The normalized spacial score (nSPS) is 21.5. The van der Waals surface area contributed by atoms with E-state index in [2.05, 4.69) is 9.88 Å². The number of hydrogen-bond donors (Lipinski definition) is 0. The van der Waals surface area contributed by atoms with E-state index >= 15 is 0 Å². The molecule has 0 radical (unpaired) electrons. The highest BCUT2D eigenvalue weighted by Gasteiger charge is 2.35. The van der Waals surface area contributed by atoms with Gasteiger partial charge in [-0.2, -0.15) is 17.5 Å². The Bertz CT molecular complexity index is 756. The van der Waals surface area contributed by atoms with Crippen LogP contribution in [0.2, 0.25) is 0 Å². The summed E-state index contributed by atoms with van der Waals surface area (Å²) in [6, 6.07) is 1.73. The van der Waals surface area contributed by atoms with Crippen LogP contribution in [0.3, 0.4) is 0 Å². The molecule has 2 aliphatic heterocycles. The fraction of sp³-hybridized carbons (Fsp3) is 0.706. The number of alkyl halides is 3. The van der Waals surface area contributed by atoms with E-state index in [1.807, 2.05) is 0 Å². The van der Waals surface area contributed by atoms with E-state index in [4.69, 9.17) is 4.74 Å². The van der Waals surface area contributed by atoms with E-state index in [-0.39, 0.29) is 10.6 Å². The second-order valence-electron chi connectivity index (χ2n) is 7.04. The zero-order valence-corrected chi connectivity index (χ0v) is 16.0. The van der Waals surface area contributed by atoms with Gasteiger partial charge in [0, 0.05) is 45.9 Å². The van der Waals surface area contributed by atoms with E-state index in [0.29, 0.717) is 32.1 Å². The number of sulfonamides is 1. The minimum Gasteiger partial charge on any atom is -0.381 e. The van der Waals surface area contributed by atoms with E-state index < -0.39 is 21.9 Å². The van der Waals surface area contributed by atoms with Crippen LogP contribution in [0.25, 0.3) is 0 Å². The van der Waals surface area contributed by atoms with Crippen molar-refractivity contribution >= 4 is 10.0 Å². The Hall–Kier alpha value is -1.23. The SMILES string of the molecule is Cc1nc(C(F)(F)F)ccc1S(=O)(=O)N1CCN(CC2CCOCC2)CC1. The number of halogens is 3. The molecule has 3 heterocycles. The van der Waals surface area contributed by atoms with Gasteiger partial charge in [0.05, 0.1) is 5.69 Å². The molecule has 6 nitrogen and oxygen atoms in total. The van der Waals surface area contributed by atoms with Crippen molar-refractivity contribution in [1.29, 1.82) is 0 Å². The predicted molar refractivity (Wildman–Crippen MR) is 92.7 cm³/mol. The first-order valence-corrected chi connectivity index (χ1v) is 10.5. The van der Waals surface area contributed by atoms with Crippen molar-refractivity contribution in [2.24, 2.45) is 5.92 Å². The van der Waals surface area contributed by atoms with Crippen molar-refractivity contribution in [3.05, 3.63) is 23.5 Å². The maximum Gasteiger partial charge on any atom is 0.433 e. The Morgan fingerprint density at radius 2 is 1.78 bits per heavy atom. The third-order valence-corrected chi connectivity index (χ3v) is 7.17. The van der Waals surface area contributed by atoms with Crippen LogP contribution in [0.5, 0.6) is 0 Å². The number of pyridine rings is 1. The summed E-state index contributed by atoms with van der Waals surface area (Å²) in [6.45, 7) is 5.66. The summed E-state index contributed by atoms with van der Waals surface area (Å²) in [4.78, 5) is 5.54. The fourth-order valence-electron chi connectivity index (χ4n) is 3.56. The monoisotopic (exact) mass is 407 g/mol. The summed E-state index contributed by atoms with van der Waals surface area (Å²) in [6.07, 6.45) is -2.55. The number of nitrogens with zero attached hydrogens (tertiary/aromatic N) is 3. The van der Waals surface area contributed by atoms with Crippen molar-refractivity contribution < 1.29 is 26.3 Å². The van der Waals surface area contributed by atoms with Gasteiger partial charge in [0.15, 0.2) is 0 Å². The topological polar surface area (TPSA) is 62.7 Å². The molecule has 0 saturated carbocycles. The Morgan fingerprint density at radius 1 is 1.15 bits per heavy atom. The summed E-state index contributed by atoms with van der Waals surface area (Å²) in [5, 5.41) is 0. The Kier molecular flexibility index (Phi) is 6.09. The average Bonchev–Trinajstić information content (AvgIpc) is 2.62. The molecular weight excluding hydrogens is 383 g/mol. The van der Waals surface area contributed by atoms with Gasteiger partial charge in [-0.3, -0.25) is 0 Å². The van der Waals surface area contributed by atoms with Crippen molar-refractivity contribution in [2.75, 3.05) is 45.9 Å². The van der Waals surface area contributed by atoms with Crippen LogP contribution in [0.15, 0.2) is 17.0 Å². The van der Waals surface area contributed by atoms with Crippen molar-refractivity contribution in [1.82, 2.24) is 14.2 Å². The number of ether oxygens (including phenoxy) is 1. The summed E-state index contributed by atoms with van der Waals surface area (Å²) in [5.74, 6) is 0.572. The van der Waals surface area contributed by atoms with Crippen molar-refractivity contribution in [3.63, 3.8) is 0 Å². The number of rotatable bonds is 4. The Morgan fingerprint density at radius 3 is 2.33 bits per heavy atom. The third kappa shape index (κ3) is 4.79. The summed E-state index contributed by atoms with van der Waals surface area (Å²) in [5.41, 5.74) is -1.21. The second kappa shape index (κ2) is 8.02. The van der Waals surface area contributed by atoms with Crippen molar-refractivity contribution in [3.8, 4) is 0 Å². The van der Waals surface area contributed by atoms with Crippen LogP contribution >= 0.6 is 0 Å². The average molecular weight is 407 g/mol. The highest BCUT2D eigenvalue weighted by molar-refractivity contribution is 7.89. The molecule has 0 aromatic carbocycles. The molecule has 1 aromatic heterocycles. The number of hydrogen-bond acceptors (Lipinski definition) is 5. The molecule has 27 heavy (non-hydrogen) atoms. The molecule has 0 spiro atoms. The van der Waals surface area contributed by atoms with E-state index in [9.17, 15) is 21.6 Å². The lowest BCUT2D eigenvalue weighted by Gasteiger charge is -2.36. The minimum atomic E-state index is -4.59.